The fourth-order valence-electron chi connectivity index (χ4n) is 1.50. The van der Waals surface area contributed by atoms with E-state index in [1.54, 1.807) is 6.07 Å². The highest BCUT2D eigenvalue weighted by Gasteiger charge is 2.11. The zero-order chi connectivity index (χ0) is 14.3. The van der Waals surface area contributed by atoms with Crippen molar-refractivity contribution >= 4 is 11.9 Å². The molecule has 1 aromatic rings. The van der Waals surface area contributed by atoms with E-state index >= 15 is 0 Å². The number of carbonyl (C=O) groups is 2. The number of aryl methyl sites for hydroxylation is 1. The van der Waals surface area contributed by atoms with Gasteiger partial charge in [-0.25, -0.2) is 0 Å². The first-order valence-electron chi connectivity index (χ1n) is 6.47. The summed E-state index contributed by atoms with van der Waals surface area (Å²) in [5, 5.41) is 0. The van der Waals surface area contributed by atoms with E-state index in [2.05, 4.69) is 0 Å². The summed E-state index contributed by atoms with van der Waals surface area (Å²) in [5.74, 6) is -0.228. The third-order valence-electron chi connectivity index (χ3n) is 2.78. The molecule has 1 rings (SSSR count). The minimum absolute atomic E-state index is 0.0376. The second-order valence-corrected chi connectivity index (χ2v) is 4.39. The van der Waals surface area contributed by atoms with E-state index in [-0.39, 0.29) is 18.8 Å². The van der Waals surface area contributed by atoms with Gasteiger partial charge in [-0.15, -0.1) is 0 Å². The lowest BCUT2D eigenvalue weighted by Crippen LogP contribution is -2.13. The second kappa shape index (κ2) is 7.56. The summed E-state index contributed by atoms with van der Waals surface area (Å²) in [4.78, 5) is 22.9. The molecule has 4 heteroatoms. The van der Waals surface area contributed by atoms with E-state index in [4.69, 9.17) is 9.47 Å². The molecular weight excluding hydrogens is 244 g/mol. The van der Waals surface area contributed by atoms with Crippen molar-refractivity contribution in [1.29, 1.82) is 0 Å². The summed E-state index contributed by atoms with van der Waals surface area (Å²) in [6.45, 7) is 6.16. The van der Waals surface area contributed by atoms with Gasteiger partial charge in [0, 0.05) is 0 Å². The van der Waals surface area contributed by atoms with E-state index in [0.717, 1.165) is 17.5 Å². The Balaban J connectivity index is 2.43. The maximum absolute atomic E-state index is 11.6. The Morgan fingerprint density at radius 1 is 1.11 bits per heavy atom. The van der Waals surface area contributed by atoms with Crippen LogP contribution in [-0.4, -0.2) is 18.5 Å². The zero-order valence-corrected chi connectivity index (χ0v) is 11.7. The molecule has 0 radical (unpaired) electrons. The van der Waals surface area contributed by atoms with Crippen LogP contribution in [-0.2, 0) is 14.3 Å². The molecule has 0 saturated heterocycles. The van der Waals surface area contributed by atoms with Crippen molar-refractivity contribution in [2.45, 2.75) is 40.0 Å². The van der Waals surface area contributed by atoms with Crippen LogP contribution in [0.15, 0.2) is 18.2 Å². The number of esters is 2. The van der Waals surface area contributed by atoms with E-state index in [9.17, 15) is 9.59 Å². The van der Waals surface area contributed by atoms with Crippen molar-refractivity contribution in [3.63, 3.8) is 0 Å². The first-order valence-corrected chi connectivity index (χ1v) is 6.47. The van der Waals surface area contributed by atoms with Crippen LogP contribution in [0.3, 0.4) is 0 Å². The molecule has 0 bridgehead atoms. The summed E-state index contributed by atoms with van der Waals surface area (Å²) >= 11 is 0. The molecule has 4 nitrogen and oxygen atoms in total. The first kappa shape index (κ1) is 15.2. The summed E-state index contributed by atoms with van der Waals surface area (Å²) < 4.78 is 10.1. The lowest BCUT2D eigenvalue weighted by molar-refractivity contribution is -0.146. The Kier molecular flexibility index (Phi) is 6.06. The molecule has 0 atom stereocenters. The van der Waals surface area contributed by atoms with Gasteiger partial charge in [-0.2, -0.15) is 0 Å². The summed E-state index contributed by atoms with van der Waals surface area (Å²) in [7, 11) is 0. The molecule has 0 amide bonds. The Hall–Kier alpha value is -1.84. The second-order valence-electron chi connectivity index (χ2n) is 4.39. The van der Waals surface area contributed by atoms with Gasteiger partial charge < -0.3 is 9.47 Å². The Morgan fingerprint density at radius 2 is 1.79 bits per heavy atom. The zero-order valence-electron chi connectivity index (χ0n) is 11.7. The van der Waals surface area contributed by atoms with Crippen molar-refractivity contribution in [3.8, 4) is 5.75 Å². The molecule has 104 valence electrons. The third-order valence-corrected chi connectivity index (χ3v) is 2.78. The van der Waals surface area contributed by atoms with Crippen molar-refractivity contribution < 1.29 is 19.1 Å². The highest BCUT2D eigenvalue weighted by molar-refractivity contribution is 5.79. The van der Waals surface area contributed by atoms with Crippen LogP contribution in [0.1, 0.15) is 37.3 Å². The molecule has 0 aromatic heterocycles. The fourth-order valence-corrected chi connectivity index (χ4v) is 1.50. The van der Waals surface area contributed by atoms with Crippen molar-refractivity contribution in [2.75, 3.05) is 6.61 Å². The van der Waals surface area contributed by atoms with Crippen molar-refractivity contribution in [1.82, 2.24) is 0 Å². The van der Waals surface area contributed by atoms with Crippen LogP contribution in [0.5, 0.6) is 5.75 Å². The normalized spacial score (nSPS) is 10.1. The fraction of sp³-hybridized carbons (Fsp3) is 0.467. The summed E-state index contributed by atoms with van der Waals surface area (Å²) in [6.07, 6.45) is 0.873. The van der Waals surface area contributed by atoms with Crippen LogP contribution in [0.2, 0.25) is 0 Å². The number of hydrogen-bond donors (Lipinski definition) is 0. The van der Waals surface area contributed by atoms with Gasteiger partial charge >= 0.3 is 11.9 Å². The number of hydrogen-bond acceptors (Lipinski definition) is 4. The Morgan fingerprint density at radius 3 is 2.47 bits per heavy atom. The van der Waals surface area contributed by atoms with E-state index in [1.165, 1.54) is 0 Å². The summed E-state index contributed by atoms with van der Waals surface area (Å²) in [6, 6.07) is 5.53. The maximum atomic E-state index is 11.6. The predicted octanol–water partition coefficient (Wildman–Crippen LogP) is 2.94. The molecule has 0 spiro atoms. The number of benzene rings is 1. The quantitative estimate of drug-likeness (QED) is 0.585. The van der Waals surface area contributed by atoms with Crippen LogP contribution >= 0.6 is 0 Å². The smallest absolute Gasteiger partial charge is 0.311 e. The maximum Gasteiger partial charge on any atom is 0.311 e. The van der Waals surface area contributed by atoms with Gasteiger partial charge in [0.2, 0.25) is 0 Å². The SMILES string of the molecule is CCCOC(=O)CCC(=O)Oc1cccc(C)c1C. The molecule has 1 aromatic carbocycles. The molecule has 0 saturated carbocycles. The average molecular weight is 264 g/mol. The third kappa shape index (κ3) is 5.12. The molecule has 0 aliphatic rings. The van der Waals surface area contributed by atoms with E-state index in [1.807, 2.05) is 32.9 Å². The lowest BCUT2D eigenvalue weighted by atomic mass is 10.1. The van der Waals surface area contributed by atoms with Crippen LogP contribution in [0, 0.1) is 13.8 Å². The van der Waals surface area contributed by atoms with Gasteiger partial charge in [0.05, 0.1) is 19.4 Å². The minimum Gasteiger partial charge on any atom is -0.466 e. The first-order chi connectivity index (χ1) is 9.04. The standard InChI is InChI=1S/C15H20O4/c1-4-10-18-14(16)8-9-15(17)19-13-7-5-6-11(2)12(13)3/h5-7H,4,8-10H2,1-3H3. The highest BCUT2D eigenvalue weighted by atomic mass is 16.5. The molecule has 0 fully saturated rings. The number of rotatable bonds is 6. The van der Waals surface area contributed by atoms with Gasteiger partial charge in [0.1, 0.15) is 5.75 Å². The Bertz CT molecular complexity index is 451. The molecule has 0 aliphatic heterocycles. The molecule has 19 heavy (non-hydrogen) atoms. The molecule has 0 N–H and O–H groups in total. The van der Waals surface area contributed by atoms with E-state index in [0.29, 0.717) is 12.4 Å². The molecule has 0 heterocycles. The van der Waals surface area contributed by atoms with Gasteiger partial charge in [-0.05, 0) is 37.5 Å². The summed E-state index contributed by atoms with van der Waals surface area (Å²) in [5.41, 5.74) is 2.00. The number of carbonyl (C=O) groups excluding carboxylic acids is 2. The largest absolute Gasteiger partial charge is 0.466 e. The van der Waals surface area contributed by atoms with Crippen molar-refractivity contribution in [2.24, 2.45) is 0 Å². The number of ether oxygens (including phenoxy) is 2. The topological polar surface area (TPSA) is 52.6 Å². The van der Waals surface area contributed by atoms with Crippen LogP contribution in [0.4, 0.5) is 0 Å². The van der Waals surface area contributed by atoms with E-state index < -0.39 is 5.97 Å². The molecule has 0 unspecified atom stereocenters. The lowest BCUT2D eigenvalue weighted by Gasteiger charge is -2.09. The molecular formula is C15H20O4. The molecule has 0 aliphatic carbocycles. The van der Waals surface area contributed by atoms with Gasteiger partial charge in [0.25, 0.3) is 0 Å². The van der Waals surface area contributed by atoms with Crippen LogP contribution in [0.25, 0.3) is 0 Å². The van der Waals surface area contributed by atoms with Crippen LogP contribution < -0.4 is 4.74 Å². The van der Waals surface area contributed by atoms with Crippen molar-refractivity contribution in [3.05, 3.63) is 29.3 Å². The van der Waals surface area contributed by atoms with Gasteiger partial charge in [-0.3, -0.25) is 9.59 Å². The predicted molar refractivity (Wildman–Crippen MR) is 72.0 cm³/mol. The average Bonchev–Trinajstić information content (AvgIpc) is 2.39. The van der Waals surface area contributed by atoms with Gasteiger partial charge in [0.15, 0.2) is 0 Å². The highest BCUT2D eigenvalue weighted by Crippen LogP contribution is 2.21. The minimum atomic E-state index is -0.415. The van der Waals surface area contributed by atoms with Gasteiger partial charge in [-0.1, -0.05) is 19.1 Å². The Labute approximate surface area is 113 Å². The monoisotopic (exact) mass is 264 g/mol.